The summed E-state index contributed by atoms with van der Waals surface area (Å²) in [5, 5.41) is 10.2. The second kappa shape index (κ2) is 13.1. The fourth-order valence-corrected chi connectivity index (χ4v) is 5.93. The van der Waals surface area contributed by atoms with Crippen molar-refractivity contribution >= 4 is 11.6 Å². The average molecular weight is 552 g/mol. The average Bonchev–Trinajstić information content (AvgIpc) is 2.89. The molecule has 38 heavy (non-hydrogen) atoms. The number of hydrogen-bond acceptors (Lipinski definition) is 6. The van der Waals surface area contributed by atoms with E-state index in [-0.39, 0.29) is 30.5 Å². The first-order valence-electron chi connectivity index (χ1n) is 13.8. The van der Waals surface area contributed by atoms with Crippen LogP contribution in [0, 0.1) is 11.3 Å². The second-order valence-electron chi connectivity index (χ2n) is 10.9. The van der Waals surface area contributed by atoms with E-state index in [1.54, 1.807) is 36.8 Å². The van der Waals surface area contributed by atoms with Crippen molar-refractivity contribution in [1.29, 1.82) is 0 Å². The van der Waals surface area contributed by atoms with Crippen LogP contribution in [-0.4, -0.2) is 73.3 Å². The number of nitrogens with zero attached hydrogens (tertiary/aromatic N) is 4. The van der Waals surface area contributed by atoms with Crippen molar-refractivity contribution in [3.8, 4) is 0 Å². The molecule has 2 saturated heterocycles. The molecule has 11 heteroatoms. The molecule has 1 aromatic rings. The molecule has 0 bridgehead atoms. The Morgan fingerprint density at radius 1 is 1.05 bits per heavy atom. The van der Waals surface area contributed by atoms with Gasteiger partial charge < -0.3 is 20.2 Å². The Hall–Kier alpha value is -1.75. The highest BCUT2D eigenvalue weighted by atomic mass is 19.4. The van der Waals surface area contributed by atoms with Crippen LogP contribution in [0.1, 0.15) is 78.5 Å². The minimum atomic E-state index is -4.72. The first-order valence-corrected chi connectivity index (χ1v) is 13.8. The van der Waals surface area contributed by atoms with Crippen LogP contribution >= 0.6 is 0 Å². The van der Waals surface area contributed by atoms with Crippen LogP contribution in [0.15, 0.2) is 6.07 Å². The summed E-state index contributed by atoms with van der Waals surface area (Å²) in [6.45, 7) is 9.07. The predicted octanol–water partition coefficient (Wildman–Crippen LogP) is 5.79. The SMILES string of the molecule is CC.CN(CC1CNCCC1(C)F)c1cc(N2CCC(C)(F)C3(CCCCC3)C2)nc(C(F)(F)F)n1.CO. The maximum absolute atomic E-state index is 15.6. The Balaban J connectivity index is 0.00000121. The number of aliphatic hydroxyl groups excluding tert-OH is 1. The van der Waals surface area contributed by atoms with Gasteiger partial charge in [0.1, 0.15) is 23.0 Å². The van der Waals surface area contributed by atoms with Crippen LogP contribution in [0.25, 0.3) is 0 Å². The zero-order valence-electron chi connectivity index (χ0n) is 23.8. The van der Waals surface area contributed by atoms with E-state index in [0.717, 1.165) is 39.2 Å². The first-order chi connectivity index (χ1) is 17.8. The molecule has 0 aromatic carbocycles. The van der Waals surface area contributed by atoms with Crippen LogP contribution < -0.4 is 15.1 Å². The van der Waals surface area contributed by atoms with Crippen molar-refractivity contribution in [3.63, 3.8) is 0 Å². The number of anilines is 2. The fourth-order valence-electron chi connectivity index (χ4n) is 5.93. The van der Waals surface area contributed by atoms with Crippen LogP contribution in [0.3, 0.4) is 0 Å². The summed E-state index contributed by atoms with van der Waals surface area (Å²) in [6.07, 6.45) is 0.242. The Morgan fingerprint density at radius 3 is 2.26 bits per heavy atom. The molecule has 220 valence electrons. The van der Waals surface area contributed by atoms with E-state index in [0.29, 0.717) is 32.6 Å². The van der Waals surface area contributed by atoms with E-state index in [1.165, 1.54) is 0 Å². The van der Waals surface area contributed by atoms with Crippen LogP contribution in [0.5, 0.6) is 0 Å². The lowest BCUT2D eigenvalue weighted by Crippen LogP contribution is -2.57. The van der Waals surface area contributed by atoms with Crippen molar-refractivity contribution in [2.75, 3.05) is 56.7 Å². The molecule has 0 radical (unpaired) electrons. The lowest BCUT2D eigenvalue weighted by atomic mass is 9.62. The summed E-state index contributed by atoms with van der Waals surface area (Å²) < 4.78 is 71.8. The number of aromatic nitrogens is 2. The van der Waals surface area contributed by atoms with E-state index < -0.39 is 28.8 Å². The van der Waals surface area contributed by atoms with Crippen molar-refractivity contribution in [3.05, 3.63) is 11.9 Å². The molecule has 1 spiro atoms. The van der Waals surface area contributed by atoms with Gasteiger partial charge in [0.2, 0.25) is 5.82 Å². The number of halogens is 5. The Kier molecular flexibility index (Phi) is 11.2. The molecule has 2 N–H and O–H groups in total. The second-order valence-corrected chi connectivity index (χ2v) is 10.9. The molecule has 3 unspecified atom stereocenters. The Morgan fingerprint density at radius 2 is 1.68 bits per heavy atom. The topological polar surface area (TPSA) is 64.5 Å². The third-order valence-corrected chi connectivity index (χ3v) is 8.46. The molecule has 4 rings (SSSR count). The summed E-state index contributed by atoms with van der Waals surface area (Å²) in [5.41, 5.74) is -3.35. The first kappa shape index (κ1) is 32.5. The van der Waals surface area contributed by atoms with Crippen molar-refractivity contribution in [2.45, 2.75) is 90.2 Å². The molecule has 6 nitrogen and oxygen atoms in total. The van der Waals surface area contributed by atoms with Gasteiger partial charge in [0.05, 0.1) is 0 Å². The van der Waals surface area contributed by atoms with Crippen molar-refractivity contribution in [1.82, 2.24) is 15.3 Å². The van der Waals surface area contributed by atoms with Crippen LogP contribution in [0.4, 0.5) is 33.6 Å². The largest absolute Gasteiger partial charge is 0.451 e. The van der Waals surface area contributed by atoms with Gasteiger partial charge in [-0.15, -0.1) is 0 Å². The van der Waals surface area contributed by atoms with E-state index >= 15 is 8.78 Å². The van der Waals surface area contributed by atoms with Crippen molar-refractivity contribution in [2.24, 2.45) is 11.3 Å². The summed E-state index contributed by atoms with van der Waals surface area (Å²) in [6, 6.07) is 1.54. The molecular formula is C27H46F5N5O. The van der Waals surface area contributed by atoms with E-state index in [1.807, 2.05) is 13.8 Å². The normalized spacial score (nSPS) is 29.1. The Labute approximate surface area is 224 Å². The predicted molar refractivity (Wildman–Crippen MR) is 142 cm³/mol. The molecule has 3 aliphatic rings. The standard InChI is InChI=1S/C24H36F5N5.C2H6.CH4O/c1-21(25)9-11-30-14-17(21)15-33(3)18-13-19(32-20(31-18)24(27,28)29)34-12-10-22(2,26)23(16-34)7-5-4-6-8-23;2*1-2/h13,17,30H,4-12,14-16H2,1-3H3;1-2H3;2H,1H3. The lowest BCUT2D eigenvalue weighted by Gasteiger charge is -2.53. The number of rotatable bonds is 4. The number of alkyl halides is 5. The van der Waals surface area contributed by atoms with E-state index in [4.69, 9.17) is 5.11 Å². The number of piperidine rings is 2. The number of hydrogen-bond donors (Lipinski definition) is 2. The summed E-state index contributed by atoms with van der Waals surface area (Å²) in [5.74, 6) is -1.34. The minimum Gasteiger partial charge on any atom is -0.400 e. The molecule has 1 aromatic heterocycles. The van der Waals surface area contributed by atoms with Crippen LogP contribution in [-0.2, 0) is 6.18 Å². The number of nitrogens with one attached hydrogen (secondary N) is 1. The number of aliphatic hydroxyl groups is 1. The summed E-state index contributed by atoms with van der Waals surface area (Å²) in [4.78, 5) is 11.0. The molecule has 2 aliphatic heterocycles. The van der Waals surface area contributed by atoms with Gasteiger partial charge in [-0.25, -0.2) is 18.7 Å². The smallest absolute Gasteiger partial charge is 0.400 e. The highest BCUT2D eigenvalue weighted by molar-refractivity contribution is 5.52. The van der Waals surface area contributed by atoms with Crippen molar-refractivity contribution < 1.29 is 27.1 Å². The van der Waals surface area contributed by atoms with Gasteiger partial charge in [0.15, 0.2) is 0 Å². The fraction of sp³-hybridized carbons (Fsp3) is 0.852. The zero-order valence-corrected chi connectivity index (χ0v) is 23.8. The molecule has 0 amide bonds. The van der Waals surface area contributed by atoms with Gasteiger partial charge in [-0.05, 0) is 46.1 Å². The van der Waals surface area contributed by atoms with Gasteiger partial charge in [-0.2, -0.15) is 13.2 Å². The van der Waals surface area contributed by atoms with E-state index in [2.05, 4.69) is 15.3 Å². The maximum Gasteiger partial charge on any atom is 0.451 e. The third kappa shape index (κ3) is 7.25. The molecule has 3 fully saturated rings. The van der Waals surface area contributed by atoms with Crippen LogP contribution in [0.2, 0.25) is 0 Å². The highest BCUT2D eigenvalue weighted by Gasteiger charge is 2.53. The summed E-state index contributed by atoms with van der Waals surface area (Å²) in [7, 11) is 2.63. The molecule has 1 saturated carbocycles. The Bertz CT molecular complexity index is 874. The van der Waals surface area contributed by atoms with Gasteiger partial charge in [-0.1, -0.05) is 33.1 Å². The highest BCUT2D eigenvalue weighted by Crippen LogP contribution is 2.52. The quantitative estimate of drug-likeness (QED) is 0.462. The molecular weight excluding hydrogens is 505 g/mol. The maximum atomic E-state index is 15.6. The van der Waals surface area contributed by atoms with Gasteiger partial charge in [-0.3, -0.25) is 0 Å². The zero-order chi connectivity index (χ0) is 28.8. The van der Waals surface area contributed by atoms with Gasteiger partial charge in [0, 0.05) is 57.7 Å². The molecule has 3 atom stereocenters. The minimum absolute atomic E-state index is 0.102. The van der Waals surface area contributed by atoms with Gasteiger partial charge in [0.25, 0.3) is 0 Å². The van der Waals surface area contributed by atoms with E-state index in [9.17, 15) is 13.2 Å². The lowest BCUT2D eigenvalue weighted by molar-refractivity contribution is -0.144. The third-order valence-electron chi connectivity index (χ3n) is 8.46. The molecule has 1 aliphatic carbocycles. The monoisotopic (exact) mass is 551 g/mol. The summed E-state index contributed by atoms with van der Waals surface area (Å²) >= 11 is 0. The van der Waals surface area contributed by atoms with Gasteiger partial charge >= 0.3 is 6.18 Å². The molecule has 3 heterocycles.